The topological polar surface area (TPSA) is 173 Å². The first kappa shape index (κ1) is 24.0. The van der Waals surface area contributed by atoms with E-state index < -0.39 is 29.2 Å². The van der Waals surface area contributed by atoms with Crippen LogP contribution < -0.4 is 16.8 Å². The number of oxime groups is 1. The molecule has 0 aliphatic carbocycles. The number of aromatic nitrogens is 1. The third-order valence-corrected chi connectivity index (χ3v) is 9.39. The van der Waals surface area contributed by atoms with Crippen LogP contribution >= 0.6 is 23.1 Å². The number of piperidine rings is 3. The van der Waals surface area contributed by atoms with Crippen LogP contribution in [0.1, 0.15) is 18.5 Å². The number of amides is 2. The number of rotatable bonds is 7. The molecular weight excluding hydrogens is 494 g/mol. The van der Waals surface area contributed by atoms with Crippen molar-refractivity contribution in [1.29, 1.82) is 0 Å². The number of hydrogen-bond acceptors (Lipinski definition) is 10. The number of carboxylic acids is 1. The molecule has 1 aromatic heterocycles. The minimum atomic E-state index is -1.13. The van der Waals surface area contributed by atoms with Crippen molar-refractivity contribution in [3.63, 3.8) is 0 Å². The summed E-state index contributed by atoms with van der Waals surface area (Å²) in [5.41, 5.74) is 12.9. The Hall–Kier alpha value is -2.68. The van der Waals surface area contributed by atoms with Crippen LogP contribution in [-0.2, 0) is 19.2 Å². The van der Waals surface area contributed by atoms with Gasteiger partial charge in [0, 0.05) is 29.5 Å². The molecule has 4 fully saturated rings. The van der Waals surface area contributed by atoms with Crippen LogP contribution in [0.2, 0.25) is 0 Å². The number of β-lactam (4-membered cyclic amide) rings is 1. The first-order valence-electron chi connectivity index (χ1n) is 11.4. The highest BCUT2D eigenvalue weighted by molar-refractivity contribution is 8.00. The lowest BCUT2D eigenvalue weighted by Crippen LogP contribution is -2.71. The maximum atomic E-state index is 13.1. The summed E-state index contributed by atoms with van der Waals surface area (Å²) in [5, 5.41) is 17.8. The Kier molecular flexibility index (Phi) is 6.23. The first-order valence-corrected chi connectivity index (χ1v) is 13.3. The number of fused-ring (bicyclic) bond motifs is 4. The number of carbonyl (C=O) groups is 3. The molecule has 2 bridgehead atoms. The van der Waals surface area contributed by atoms with Crippen LogP contribution in [0.3, 0.4) is 0 Å². The Morgan fingerprint density at radius 3 is 2.74 bits per heavy atom. The Balaban J connectivity index is 1.34. The van der Waals surface area contributed by atoms with E-state index in [4.69, 9.17) is 16.3 Å². The SMILES string of the molecule is CO/N=C(\C(=O)N[C@@H]1C(=O)N2C(C(=O)O)=C(C[N+]34CCC(CC3)C(N)C4)CS[C@H]12)c1csc(N)n1. The Morgan fingerprint density at radius 1 is 1.40 bits per heavy atom. The number of thioether (sulfide) groups is 1. The molecule has 188 valence electrons. The van der Waals surface area contributed by atoms with Crippen LogP contribution in [0.5, 0.6) is 0 Å². The fourth-order valence-electron chi connectivity index (χ4n) is 5.68. The van der Waals surface area contributed by atoms with E-state index in [1.807, 2.05) is 0 Å². The Labute approximate surface area is 209 Å². The number of nitrogens with zero attached hydrogens (tertiary/aromatic N) is 4. The van der Waals surface area contributed by atoms with Crippen molar-refractivity contribution < 1.29 is 28.8 Å². The van der Waals surface area contributed by atoms with Crippen LogP contribution in [-0.4, -0.2) is 99.5 Å². The van der Waals surface area contributed by atoms with Crippen molar-refractivity contribution in [1.82, 2.24) is 15.2 Å². The molecule has 2 amide bonds. The zero-order valence-electron chi connectivity index (χ0n) is 19.2. The van der Waals surface area contributed by atoms with Crippen LogP contribution in [0.15, 0.2) is 21.8 Å². The Morgan fingerprint density at radius 2 is 2.14 bits per heavy atom. The van der Waals surface area contributed by atoms with Gasteiger partial charge in [-0.2, -0.15) is 0 Å². The van der Waals surface area contributed by atoms with Gasteiger partial charge in [0.05, 0.1) is 25.7 Å². The van der Waals surface area contributed by atoms with E-state index in [0.29, 0.717) is 18.2 Å². The lowest BCUT2D eigenvalue weighted by molar-refractivity contribution is -0.939. The van der Waals surface area contributed by atoms with Gasteiger partial charge in [-0.05, 0) is 5.92 Å². The third kappa shape index (κ3) is 4.17. The van der Waals surface area contributed by atoms with Gasteiger partial charge >= 0.3 is 5.97 Å². The Bertz CT molecular complexity index is 1130. The smallest absolute Gasteiger partial charge is 0.352 e. The van der Waals surface area contributed by atoms with Crippen molar-refractivity contribution in [2.45, 2.75) is 30.3 Å². The van der Waals surface area contributed by atoms with Crippen LogP contribution in [0, 0.1) is 5.92 Å². The summed E-state index contributed by atoms with van der Waals surface area (Å²) in [4.78, 5) is 48.4. The van der Waals surface area contributed by atoms with E-state index in [9.17, 15) is 19.5 Å². The van der Waals surface area contributed by atoms with Crippen molar-refractivity contribution in [3.8, 4) is 0 Å². The second-order valence-corrected chi connectivity index (χ2v) is 11.4. The van der Waals surface area contributed by atoms with E-state index in [0.717, 1.165) is 53.9 Å². The average Bonchev–Trinajstić information content (AvgIpc) is 3.26. The zero-order chi connectivity index (χ0) is 24.9. The summed E-state index contributed by atoms with van der Waals surface area (Å²) in [6.45, 7) is 3.39. The fourth-order valence-corrected chi connectivity index (χ4v) is 7.56. The monoisotopic (exact) mass is 522 g/mol. The molecule has 1 unspecified atom stereocenters. The van der Waals surface area contributed by atoms with E-state index in [1.165, 1.54) is 23.8 Å². The summed E-state index contributed by atoms with van der Waals surface area (Å²) in [6.07, 6.45) is 2.11. The highest BCUT2D eigenvalue weighted by Gasteiger charge is 2.55. The maximum Gasteiger partial charge on any atom is 0.352 e. The number of carboxylic acid groups (broad SMARTS) is 1. The molecule has 1 aromatic rings. The molecule has 3 atom stereocenters. The number of aliphatic carboxylic acids is 1. The molecule has 35 heavy (non-hydrogen) atoms. The number of carbonyl (C=O) groups excluding carboxylic acids is 2. The average molecular weight is 523 g/mol. The summed E-state index contributed by atoms with van der Waals surface area (Å²) < 4.78 is 0.783. The normalized spacial score (nSPS) is 32.2. The molecule has 0 saturated carbocycles. The van der Waals surface area contributed by atoms with Gasteiger partial charge in [0.25, 0.3) is 11.8 Å². The molecular formula is C21H28N7O5S2+. The minimum Gasteiger partial charge on any atom is -0.477 e. The molecule has 6 N–H and O–H groups in total. The van der Waals surface area contributed by atoms with Gasteiger partial charge in [0.2, 0.25) is 0 Å². The number of anilines is 1. The summed E-state index contributed by atoms with van der Waals surface area (Å²) in [5.74, 6) is -1.21. The summed E-state index contributed by atoms with van der Waals surface area (Å²) in [6, 6.07) is -0.746. The van der Waals surface area contributed by atoms with Crippen molar-refractivity contribution in [2.75, 3.05) is 44.8 Å². The highest BCUT2D eigenvalue weighted by Crippen LogP contribution is 2.42. The zero-order valence-corrected chi connectivity index (χ0v) is 20.8. The molecule has 5 aliphatic heterocycles. The first-order chi connectivity index (χ1) is 16.7. The minimum absolute atomic E-state index is 0.0380. The van der Waals surface area contributed by atoms with E-state index in [2.05, 4.69) is 15.5 Å². The van der Waals surface area contributed by atoms with E-state index in [1.54, 1.807) is 5.38 Å². The molecule has 4 saturated heterocycles. The lowest BCUT2D eigenvalue weighted by atomic mass is 9.81. The molecule has 0 aromatic carbocycles. The molecule has 12 nitrogen and oxygen atoms in total. The number of nitrogen functional groups attached to an aromatic ring is 1. The largest absolute Gasteiger partial charge is 0.477 e. The van der Waals surface area contributed by atoms with Gasteiger partial charge < -0.3 is 31.2 Å². The van der Waals surface area contributed by atoms with Gasteiger partial charge in [0.15, 0.2) is 10.8 Å². The van der Waals surface area contributed by atoms with E-state index >= 15 is 0 Å². The predicted octanol–water partition coefficient (Wildman–Crippen LogP) is -0.618. The molecule has 6 rings (SSSR count). The summed E-state index contributed by atoms with van der Waals surface area (Å²) >= 11 is 2.60. The predicted molar refractivity (Wildman–Crippen MR) is 130 cm³/mol. The number of nitrogens with one attached hydrogen (secondary N) is 1. The second-order valence-electron chi connectivity index (χ2n) is 9.44. The van der Waals surface area contributed by atoms with Gasteiger partial charge in [-0.3, -0.25) is 14.5 Å². The third-order valence-electron chi connectivity index (χ3n) is 7.38. The van der Waals surface area contributed by atoms with Crippen LogP contribution in [0.25, 0.3) is 0 Å². The molecule has 0 spiro atoms. The highest BCUT2D eigenvalue weighted by atomic mass is 32.2. The second kappa shape index (κ2) is 9.08. The van der Waals surface area contributed by atoms with Crippen molar-refractivity contribution >= 4 is 51.7 Å². The standard InChI is InChI=1S/C21H27N7O5S2/c1-33-26-14(13-9-35-21(23)24-13)17(29)25-15-18(30)27-16(20(31)32)11(8-34-19(15)27)6-28-4-2-10(3-5-28)12(22)7-28/h9-10,12,15,19H,2-8,22H2,1H3,(H3-,23,24,25,29,31,32)/p+1/b26-14-/t10?,12?,15-,19-,28?/m1/s1. The van der Waals surface area contributed by atoms with Crippen molar-refractivity contribution in [2.24, 2.45) is 16.8 Å². The molecule has 0 radical (unpaired) electrons. The van der Waals surface area contributed by atoms with Crippen LogP contribution in [0.4, 0.5) is 5.13 Å². The van der Waals surface area contributed by atoms with Gasteiger partial charge in [-0.1, -0.05) is 5.16 Å². The number of thiazole rings is 1. The fraction of sp³-hybridized carbons (Fsp3) is 0.571. The quantitative estimate of drug-likeness (QED) is 0.158. The van der Waals surface area contributed by atoms with Crippen molar-refractivity contribution in [3.05, 3.63) is 22.3 Å². The molecule has 6 heterocycles. The van der Waals surface area contributed by atoms with Gasteiger partial charge in [-0.15, -0.1) is 23.1 Å². The molecule has 5 aliphatic rings. The number of nitrogens with two attached hydrogens (primary N) is 2. The lowest BCUT2D eigenvalue weighted by Gasteiger charge is -2.54. The maximum absolute atomic E-state index is 13.1. The number of quaternary nitrogens is 1. The van der Waals surface area contributed by atoms with E-state index in [-0.39, 0.29) is 28.3 Å². The molecule has 14 heteroatoms. The number of hydrogen-bond donors (Lipinski definition) is 4. The summed E-state index contributed by atoms with van der Waals surface area (Å²) in [7, 11) is 1.30. The van der Waals surface area contributed by atoms with Gasteiger partial charge in [0.1, 0.15) is 36.5 Å². The van der Waals surface area contributed by atoms with Gasteiger partial charge in [-0.25, -0.2) is 9.78 Å².